The van der Waals surface area contributed by atoms with E-state index in [0.29, 0.717) is 12.0 Å². The molecule has 2 aromatic rings. The van der Waals surface area contributed by atoms with E-state index in [-0.39, 0.29) is 12.0 Å². The molecule has 0 saturated carbocycles. The number of carbonyl (C=O) groups excluding carboxylic acids is 1. The lowest BCUT2D eigenvalue weighted by molar-refractivity contribution is 0.0433. The van der Waals surface area contributed by atoms with E-state index >= 15 is 0 Å². The Hall–Kier alpha value is -1.69. The van der Waals surface area contributed by atoms with Crippen molar-refractivity contribution in [3.8, 4) is 0 Å². The number of amides is 1. The number of aryl methyl sites for hydroxylation is 1. The highest BCUT2D eigenvalue weighted by molar-refractivity contribution is 7.12. The lowest BCUT2D eigenvalue weighted by atomic mass is 9.94. The van der Waals surface area contributed by atoms with Crippen LogP contribution >= 0.6 is 11.3 Å². The molecular weight excluding hydrogens is 404 g/mol. The zero-order valence-electron chi connectivity index (χ0n) is 18.6. The van der Waals surface area contributed by atoms with Crippen molar-refractivity contribution in [1.82, 2.24) is 9.80 Å². The zero-order chi connectivity index (χ0) is 21.2. The van der Waals surface area contributed by atoms with Gasteiger partial charge in [0.25, 0.3) is 5.91 Å². The lowest BCUT2D eigenvalue weighted by Crippen LogP contribution is -2.46. The molecule has 2 saturated heterocycles. The second kappa shape index (κ2) is 9.43. The molecular formula is C26H34N2O2S. The number of thiophene rings is 1. The molecule has 1 atom stereocenters. The minimum absolute atomic E-state index is 0.205. The number of hydrogen-bond acceptors (Lipinski definition) is 4. The summed E-state index contributed by atoms with van der Waals surface area (Å²) in [6, 6.07) is 11.6. The highest BCUT2D eigenvalue weighted by atomic mass is 32.1. The van der Waals surface area contributed by atoms with Gasteiger partial charge in [-0.3, -0.25) is 9.69 Å². The van der Waals surface area contributed by atoms with E-state index in [1.807, 2.05) is 12.3 Å². The molecule has 2 aliphatic heterocycles. The molecule has 0 spiro atoms. The standard InChI is InChI=1S/C26H34N2O2S/c1-19-10-14-31-25(19)26(29)28(18-24-7-4-13-30-24)17-20-8-11-27(12-9-20)23-15-21-5-2-3-6-22(21)16-23/h2-3,5-6,10,14,20,23-24H,4,7-9,11-13,15-18H2,1H3. The molecule has 166 valence electrons. The zero-order valence-corrected chi connectivity index (χ0v) is 19.4. The Morgan fingerprint density at radius 1 is 1.10 bits per heavy atom. The van der Waals surface area contributed by atoms with E-state index in [2.05, 4.69) is 40.1 Å². The molecule has 5 heteroatoms. The summed E-state index contributed by atoms with van der Waals surface area (Å²) in [5.41, 5.74) is 4.17. The molecule has 3 heterocycles. The van der Waals surface area contributed by atoms with Crippen molar-refractivity contribution >= 4 is 17.2 Å². The van der Waals surface area contributed by atoms with Gasteiger partial charge < -0.3 is 9.64 Å². The highest BCUT2D eigenvalue weighted by Gasteiger charge is 2.32. The molecule has 2 fully saturated rings. The fraction of sp³-hybridized carbons (Fsp3) is 0.577. The normalized spacial score (nSPS) is 22.7. The third-order valence-electron chi connectivity index (χ3n) is 7.47. The maximum atomic E-state index is 13.4. The minimum Gasteiger partial charge on any atom is -0.376 e. The second-order valence-corrected chi connectivity index (χ2v) is 10.5. The Bertz CT molecular complexity index is 871. The van der Waals surface area contributed by atoms with Crippen LogP contribution in [0.4, 0.5) is 0 Å². The van der Waals surface area contributed by atoms with Gasteiger partial charge in [0.1, 0.15) is 0 Å². The van der Waals surface area contributed by atoms with Crippen LogP contribution in [0.1, 0.15) is 52.0 Å². The molecule has 1 aromatic heterocycles. The molecule has 1 unspecified atom stereocenters. The highest BCUT2D eigenvalue weighted by Crippen LogP contribution is 2.30. The predicted molar refractivity (Wildman–Crippen MR) is 126 cm³/mol. The molecule has 3 aliphatic rings. The number of ether oxygens (including phenoxy) is 1. The van der Waals surface area contributed by atoms with Crippen LogP contribution in [0.25, 0.3) is 0 Å². The van der Waals surface area contributed by atoms with Crippen molar-refractivity contribution in [1.29, 1.82) is 0 Å². The smallest absolute Gasteiger partial charge is 0.264 e. The number of nitrogens with zero attached hydrogens (tertiary/aromatic N) is 2. The molecule has 1 aromatic carbocycles. The van der Waals surface area contributed by atoms with Crippen LogP contribution in [0.2, 0.25) is 0 Å². The van der Waals surface area contributed by atoms with Gasteiger partial charge in [-0.05, 0) is 92.6 Å². The summed E-state index contributed by atoms with van der Waals surface area (Å²) in [6.07, 6.45) is 7.17. The third-order valence-corrected chi connectivity index (χ3v) is 8.47. The topological polar surface area (TPSA) is 32.8 Å². The number of hydrogen-bond donors (Lipinski definition) is 0. The van der Waals surface area contributed by atoms with Gasteiger partial charge in [-0.2, -0.15) is 0 Å². The van der Waals surface area contributed by atoms with Crippen molar-refractivity contribution < 1.29 is 9.53 Å². The van der Waals surface area contributed by atoms with Gasteiger partial charge in [-0.15, -0.1) is 11.3 Å². The first-order chi connectivity index (χ1) is 15.2. The first-order valence-electron chi connectivity index (χ1n) is 11.9. The van der Waals surface area contributed by atoms with Gasteiger partial charge in [0.15, 0.2) is 0 Å². The summed E-state index contributed by atoms with van der Waals surface area (Å²) in [7, 11) is 0. The van der Waals surface area contributed by atoms with Gasteiger partial charge in [0, 0.05) is 25.7 Å². The number of benzene rings is 1. The predicted octanol–water partition coefficient (Wildman–Crippen LogP) is 4.56. The van der Waals surface area contributed by atoms with Gasteiger partial charge in [-0.25, -0.2) is 0 Å². The molecule has 4 nitrogen and oxygen atoms in total. The molecule has 1 amide bonds. The minimum atomic E-state index is 0.205. The van der Waals surface area contributed by atoms with E-state index in [4.69, 9.17) is 4.74 Å². The van der Waals surface area contributed by atoms with Crippen LogP contribution in [0, 0.1) is 12.8 Å². The Balaban J connectivity index is 1.19. The first-order valence-corrected chi connectivity index (χ1v) is 12.8. The summed E-state index contributed by atoms with van der Waals surface area (Å²) in [5, 5.41) is 2.03. The molecule has 0 radical (unpaired) electrons. The van der Waals surface area contributed by atoms with Crippen molar-refractivity contribution in [2.45, 2.75) is 57.6 Å². The van der Waals surface area contributed by atoms with Gasteiger partial charge in [0.05, 0.1) is 11.0 Å². The summed E-state index contributed by atoms with van der Waals surface area (Å²) in [5.74, 6) is 0.794. The van der Waals surface area contributed by atoms with E-state index < -0.39 is 0 Å². The maximum absolute atomic E-state index is 13.4. The number of carbonyl (C=O) groups is 1. The Morgan fingerprint density at radius 2 is 1.84 bits per heavy atom. The van der Waals surface area contributed by atoms with Crippen LogP contribution in [0.3, 0.4) is 0 Å². The van der Waals surface area contributed by atoms with Gasteiger partial charge in [-0.1, -0.05) is 24.3 Å². The number of piperidine rings is 1. The average molecular weight is 439 g/mol. The Labute approximate surface area is 190 Å². The quantitative estimate of drug-likeness (QED) is 0.663. The third kappa shape index (κ3) is 4.74. The van der Waals surface area contributed by atoms with Crippen LogP contribution in [0.15, 0.2) is 35.7 Å². The summed E-state index contributed by atoms with van der Waals surface area (Å²) < 4.78 is 5.89. The van der Waals surface area contributed by atoms with Crippen LogP contribution < -0.4 is 0 Å². The van der Waals surface area contributed by atoms with Crippen LogP contribution in [-0.4, -0.2) is 60.6 Å². The second-order valence-electron chi connectivity index (χ2n) is 9.59. The Kier molecular flexibility index (Phi) is 6.44. The summed E-state index contributed by atoms with van der Waals surface area (Å²) >= 11 is 1.58. The summed E-state index contributed by atoms with van der Waals surface area (Å²) in [6.45, 7) is 6.81. The molecule has 5 rings (SSSR count). The van der Waals surface area contributed by atoms with Crippen molar-refractivity contribution in [2.24, 2.45) is 5.92 Å². The van der Waals surface area contributed by atoms with E-state index in [1.165, 1.54) is 36.8 Å². The first kappa shape index (κ1) is 21.2. The average Bonchev–Trinajstić information content (AvgIpc) is 3.54. The SMILES string of the molecule is Cc1ccsc1C(=O)N(CC1CCN(C2Cc3ccccc3C2)CC1)CC1CCCO1. The van der Waals surface area contributed by atoms with Crippen molar-refractivity contribution in [2.75, 3.05) is 32.8 Å². The van der Waals surface area contributed by atoms with Gasteiger partial charge in [0.2, 0.25) is 0 Å². The van der Waals surface area contributed by atoms with Gasteiger partial charge >= 0.3 is 0 Å². The fourth-order valence-electron chi connectivity index (χ4n) is 5.62. The molecule has 1 aliphatic carbocycles. The van der Waals surface area contributed by atoms with Crippen molar-refractivity contribution in [3.05, 3.63) is 57.3 Å². The molecule has 0 bridgehead atoms. The Morgan fingerprint density at radius 3 is 2.45 bits per heavy atom. The maximum Gasteiger partial charge on any atom is 0.264 e. The lowest BCUT2D eigenvalue weighted by Gasteiger charge is -2.38. The van der Waals surface area contributed by atoms with E-state index in [1.54, 1.807) is 11.3 Å². The fourth-order valence-corrected chi connectivity index (χ4v) is 6.51. The van der Waals surface area contributed by atoms with Crippen LogP contribution in [-0.2, 0) is 17.6 Å². The van der Waals surface area contributed by atoms with Crippen LogP contribution in [0.5, 0.6) is 0 Å². The number of rotatable bonds is 6. The molecule has 0 N–H and O–H groups in total. The molecule has 31 heavy (non-hydrogen) atoms. The summed E-state index contributed by atoms with van der Waals surface area (Å²) in [4.78, 5) is 19.1. The largest absolute Gasteiger partial charge is 0.376 e. The number of likely N-dealkylation sites (tertiary alicyclic amines) is 1. The number of fused-ring (bicyclic) bond motifs is 1. The van der Waals surface area contributed by atoms with E-state index in [0.717, 1.165) is 56.1 Å². The monoisotopic (exact) mass is 438 g/mol. The van der Waals surface area contributed by atoms with E-state index in [9.17, 15) is 4.79 Å². The van der Waals surface area contributed by atoms with Crippen molar-refractivity contribution in [3.63, 3.8) is 0 Å².